The van der Waals surface area contributed by atoms with Crippen LogP contribution in [0.25, 0.3) is 0 Å². The van der Waals surface area contributed by atoms with Gasteiger partial charge in [-0.25, -0.2) is 9.18 Å². The third-order valence-corrected chi connectivity index (χ3v) is 6.91. The van der Waals surface area contributed by atoms with Gasteiger partial charge in [-0.2, -0.15) is 0 Å². The van der Waals surface area contributed by atoms with E-state index in [-0.39, 0.29) is 30.4 Å². The minimum Gasteiger partial charge on any atom is -0.494 e. The van der Waals surface area contributed by atoms with Gasteiger partial charge < -0.3 is 24.6 Å². The lowest BCUT2D eigenvalue weighted by molar-refractivity contribution is -0.133. The van der Waals surface area contributed by atoms with Gasteiger partial charge in [-0.1, -0.05) is 18.2 Å². The van der Waals surface area contributed by atoms with E-state index in [1.807, 2.05) is 24.4 Å². The quantitative estimate of drug-likeness (QED) is 0.358. The second kappa shape index (κ2) is 13.2. The molecule has 1 aromatic heterocycles. The number of nitrogens with zero attached hydrogens (tertiary/aromatic N) is 2. The van der Waals surface area contributed by atoms with Crippen LogP contribution in [-0.4, -0.2) is 54.1 Å². The van der Waals surface area contributed by atoms with Gasteiger partial charge >= 0.3 is 6.03 Å². The number of thiophene rings is 1. The zero-order valence-electron chi connectivity index (χ0n) is 20.9. The summed E-state index contributed by atoms with van der Waals surface area (Å²) < 4.78 is 24.7. The zero-order valence-corrected chi connectivity index (χ0v) is 21.7. The molecule has 1 saturated heterocycles. The standard InChI is InChI=1S/C28H32FN3O4S/c1-2-35-24-13-11-23(12-14-24)30-28(34)32(18-25-5-3-15-36-25)20-27(33)31(19-26-6-4-16-37-26)17-21-7-9-22(29)10-8-21/h4,6-14,16,25H,2-3,5,15,17-20H2,1H3,(H,30,34)/t25-/m0/s1. The molecule has 3 amide bonds. The lowest BCUT2D eigenvalue weighted by Gasteiger charge is -2.29. The van der Waals surface area contributed by atoms with Crippen LogP contribution in [0.3, 0.4) is 0 Å². The molecule has 3 aromatic rings. The SMILES string of the molecule is CCOc1ccc(NC(=O)N(CC(=O)N(Cc2ccc(F)cc2)Cc2cccs2)C[C@@H]2CCCO2)cc1. The minimum absolute atomic E-state index is 0.102. The molecule has 1 aliphatic rings. The molecule has 7 nitrogen and oxygen atoms in total. The molecule has 1 fully saturated rings. The van der Waals surface area contributed by atoms with Gasteiger partial charge in [0.2, 0.25) is 5.91 Å². The fraction of sp³-hybridized carbons (Fsp3) is 0.357. The zero-order chi connectivity index (χ0) is 26.0. The molecule has 1 N–H and O–H groups in total. The summed E-state index contributed by atoms with van der Waals surface area (Å²) in [5.41, 5.74) is 1.43. The van der Waals surface area contributed by atoms with E-state index in [1.165, 1.54) is 17.0 Å². The molecular formula is C28H32FN3O4S. The van der Waals surface area contributed by atoms with Gasteiger partial charge in [0.25, 0.3) is 0 Å². The predicted octanol–water partition coefficient (Wildman–Crippen LogP) is 5.53. The van der Waals surface area contributed by atoms with Crippen LogP contribution in [0.5, 0.6) is 5.75 Å². The van der Waals surface area contributed by atoms with Crippen molar-refractivity contribution in [3.8, 4) is 5.75 Å². The first-order valence-electron chi connectivity index (χ1n) is 12.4. The first kappa shape index (κ1) is 26.6. The summed E-state index contributed by atoms with van der Waals surface area (Å²) in [5, 5.41) is 4.86. The van der Waals surface area contributed by atoms with Crippen LogP contribution in [0.4, 0.5) is 14.9 Å². The monoisotopic (exact) mass is 525 g/mol. The first-order chi connectivity index (χ1) is 18.0. The van der Waals surface area contributed by atoms with Gasteiger partial charge in [-0.05, 0) is 73.2 Å². The maximum atomic E-state index is 13.6. The lowest BCUT2D eigenvalue weighted by Crippen LogP contribution is -2.46. The molecule has 1 aliphatic heterocycles. The van der Waals surface area contributed by atoms with E-state index in [9.17, 15) is 14.0 Å². The van der Waals surface area contributed by atoms with Gasteiger partial charge in [-0.3, -0.25) is 4.79 Å². The molecule has 0 saturated carbocycles. The highest BCUT2D eigenvalue weighted by Gasteiger charge is 2.27. The Bertz CT molecular complexity index is 1130. The predicted molar refractivity (Wildman–Crippen MR) is 142 cm³/mol. The molecular weight excluding hydrogens is 493 g/mol. The molecule has 196 valence electrons. The Morgan fingerprint density at radius 2 is 1.86 bits per heavy atom. The molecule has 0 radical (unpaired) electrons. The molecule has 0 bridgehead atoms. The number of ether oxygens (including phenoxy) is 2. The Morgan fingerprint density at radius 1 is 1.08 bits per heavy atom. The Labute approximate surface area is 220 Å². The Balaban J connectivity index is 1.48. The molecule has 1 atom stereocenters. The largest absolute Gasteiger partial charge is 0.494 e. The summed E-state index contributed by atoms with van der Waals surface area (Å²) in [7, 11) is 0. The van der Waals surface area contributed by atoms with Crippen molar-refractivity contribution in [3.63, 3.8) is 0 Å². The summed E-state index contributed by atoms with van der Waals surface area (Å²) in [5.74, 6) is 0.197. The van der Waals surface area contributed by atoms with Crippen LogP contribution >= 0.6 is 11.3 Å². The number of hydrogen-bond donors (Lipinski definition) is 1. The summed E-state index contributed by atoms with van der Waals surface area (Å²) in [4.78, 5) is 31.1. The van der Waals surface area contributed by atoms with Crippen LogP contribution in [0.2, 0.25) is 0 Å². The fourth-order valence-corrected chi connectivity index (χ4v) is 4.87. The van der Waals surface area contributed by atoms with E-state index in [0.29, 0.717) is 38.5 Å². The Kier molecular flexibility index (Phi) is 9.51. The van der Waals surface area contributed by atoms with Gasteiger partial charge in [0.1, 0.15) is 18.1 Å². The highest BCUT2D eigenvalue weighted by molar-refractivity contribution is 7.09. The number of rotatable bonds is 11. The summed E-state index contributed by atoms with van der Waals surface area (Å²) in [6.45, 7) is 4.05. The number of amides is 3. The summed E-state index contributed by atoms with van der Waals surface area (Å²) >= 11 is 1.56. The van der Waals surface area contributed by atoms with Crippen LogP contribution in [0, 0.1) is 5.82 Å². The average molecular weight is 526 g/mol. The number of urea groups is 1. The molecule has 0 aliphatic carbocycles. The van der Waals surface area contributed by atoms with Crippen molar-refractivity contribution in [2.75, 3.05) is 31.6 Å². The van der Waals surface area contributed by atoms with E-state index < -0.39 is 0 Å². The third-order valence-electron chi connectivity index (χ3n) is 6.04. The van der Waals surface area contributed by atoms with Crippen molar-refractivity contribution >= 4 is 29.0 Å². The number of anilines is 1. The van der Waals surface area contributed by atoms with Crippen molar-refractivity contribution in [1.82, 2.24) is 9.80 Å². The van der Waals surface area contributed by atoms with Crippen LogP contribution < -0.4 is 10.1 Å². The first-order valence-corrected chi connectivity index (χ1v) is 13.3. The topological polar surface area (TPSA) is 71.1 Å². The van der Waals surface area contributed by atoms with Crippen molar-refractivity contribution in [2.24, 2.45) is 0 Å². The molecule has 0 unspecified atom stereocenters. The number of hydrogen-bond acceptors (Lipinski definition) is 5. The van der Waals surface area contributed by atoms with Crippen molar-refractivity contribution in [1.29, 1.82) is 0 Å². The highest BCUT2D eigenvalue weighted by Crippen LogP contribution is 2.19. The molecule has 37 heavy (non-hydrogen) atoms. The number of halogens is 1. The van der Waals surface area contributed by atoms with Gasteiger partial charge in [-0.15, -0.1) is 11.3 Å². The highest BCUT2D eigenvalue weighted by atomic mass is 32.1. The van der Waals surface area contributed by atoms with Crippen LogP contribution in [0.15, 0.2) is 66.0 Å². The maximum absolute atomic E-state index is 13.6. The van der Waals surface area contributed by atoms with Crippen LogP contribution in [0.1, 0.15) is 30.2 Å². The number of carbonyl (C=O) groups excluding carboxylic acids is 2. The van der Waals surface area contributed by atoms with Gasteiger partial charge in [0.15, 0.2) is 0 Å². The number of benzene rings is 2. The minimum atomic E-state index is -0.370. The summed E-state index contributed by atoms with van der Waals surface area (Å²) in [6, 6.07) is 16.8. The van der Waals surface area contributed by atoms with E-state index >= 15 is 0 Å². The molecule has 9 heteroatoms. The van der Waals surface area contributed by atoms with Crippen LogP contribution in [-0.2, 0) is 22.6 Å². The van der Waals surface area contributed by atoms with E-state index in [2.05, 4.69) is 5.32 Å². The Morgan fingerprint density at radius 3 is 2.51 bits per heavy atom. The molecule has 2 heterocycles. The second-order valence-electron chi connectivity index (χ2n) is 8.86. The molecule has 4 rings (SSSR count). The third kappa shape index (κ3) is 8.03. The fourth-order valence-electron chi connectivity index (χ4n) is 4.15. The van der Waals surface area contributed by atoms with Crippen molar-refractivity contribution in [3.05, 3.63) is 82.3 Å². The smallest absolute Gasteiger partial charge is 0.322 e. The molecule has 0 spiro atoms. The Hall–Kier alpha value is -3.43. The van der Waals surface area contributed by atoms with Gasteiger partial charge in [0.05, 0.1) is 19.3 Å². The van der Waals surface area contributed by atoms with E-state index in [4.69, 9.17) is 9.47 Å². The lowest BCUT2D eigenvalue weighted by atomic mass is 10.2. The maximum Gasteiger partial charge on any atom is 0.322 e. The molecule has 2 aromatic carbocycles. The van der Waals surface area contributed by atoms with E-state index in [1.54, 1.807) is 52.6 Å². The second-order valence-corrected chi connectivity index (χ2v) is 9.89. The number of nitrogens with one attached hydrogen (secondary N) is 1. The summed E-state index contributed by atoms with van der Waals surface area (Å²) in [6.07, 6.45) is 1.67. The van der Waals surface area contributed by atoms with Gasteiger partial charge in [0, 0.05) is 30.3 Å². The van der Waals surface area contributed by atoms with E-state index in [0.717, 1.165) is 29.0 Å². The normalized spacial score (nSPS) is 14.8. The number of carbonyl (C=O) groups is 2. The van der Waals surface area contributed by atoms with Crippen molar-refractivity contribution in [2.45, 2.75) is 39.0 Å². The van der Waals surface area contributed by atoms with Crippen molar-refractivity contribution < 1.29 is 23.5 Å². The average Bonchev–Trinajstić information content (AvgIpc) is 3.60.